The Hall–Kier alpha value is -4.86. The van der Waals surface area contributed by atoms with Gasteiger partial charge >= 0.3 is 5.97 Å². The largest absolute Gasteiger partial charge is 0.426 e. The number of nitro groups is 1. The van der Waals surface area contributed by atoms with Crippen LogP contribution in [0.5, 0.6) is 5.75 Å². The number of benzene rings is 3. The molecule has 37 heavy (non-hydrogen) atoms. The normalized spacial score (nSPS) is 17.6. The smallest absolute Gasteiger partial charge is 0.316 e. The molecule has 3 aromatic carbocycles. The highest BCUT2D eigenvalue weighted by molar-refractivity contribution is 6.35. The molecule has 0 aromatic heterocycles. The molecule has 2 aliphatic rings. The van der Waals surface area contributed by atoms with Crippen LogP contribution in [0.3, 0.4) is 0 Å². The number of carbonyl (C=O) groups excluding carboxylic acids is 4. The minimum absolute atomic E-state index is 0.0117. The molecule has 186 valence electrons. The van der Waals surface area contributed by atoms with Crippen LogP contribution in [0, 0.1) is 16.0 Å². The zero-order valence-electron chi connectivity index (χ0n) is 19.7. The van der Waals surface area contributed by atoms with Crippen molar-refractivity contribution < 1.29 is 28.8 Å². The number of amides is 3. The van der Waals surface area contributed by atoms with Crippen LogP contribution in [-0.4, -0.2) is 40.1 Å². The molecule has 0 unspecified atom stereocenters. The number of ether oxygens (including phenoxy) is 1. The van der Waals surface area contributed by atoms with Crippen LogP contribution < -0.4 is 9.64 Å². The molecule has 10 heteroatoms. The SMILES string of the molecule is C[C@H](c1ccccc1)N1C[C@H](C(=O)Oc2cccc(N3C(=O)c4cccc([N+](=O)[O-])c4C3=O)c2)CC1=O. The maximum atomic E-state index is 13.0. The van der Waals surface area contributed by atoms with Gasteiger partial charge in [-0.2, -0.15) is 0 Å². The number of imide groups is 1. The first-order valence-corrected chi connectivity index (χ1v) is 11.6. The molecule has 1 fully saturated rings. The van der Waals surface area contributed by atoms with Gasteiger partial charge in [-0.25, -0.2) is 4.90 Å². The number of rotatable bonds is 6. The van der Waals surface area contributed by atoms with E-state index in [2.05, 4.69) is 0 Å². The number of hydrogen-bond donors (Lipinski definition) is 0. The van der Waals surface area contributed by atoms with E-state index in [9.17, 15) is 29.3 Å². The van der Waals surface area contributed by atoms with E-state index in [1.54, 1.807) is 4.90 Å². The third kappa shape index (κ3) is 4.22. The van der Waals surface area contributed by atoms with Crippen molar-refractivity contribution in [1.82, 2.24) is 4.90 Å². The zero-order chi connectivity index (χ0) is 26.3. The summed E-state index contributed by atoms with van der Waals surface area (Å²) in [5.74, 6) is -2.90. The van der Waals surface area contributed by atoms with Crippen LogP contribution >= 0.6 is 0 Å². The Kier molecular flexibility index (Phi) is 6.00. The van der Waals surface area contributed by atoms with Crippen molar-refractivity contribution in [2.75, 3.05) is 11.4 Å². The lowest BCUT2D eigenvalue weighted by Crippen LogP contribution is -2.30. The van der Waals surface area contributed by atoms with Crippen molar-refractivity contribution in [2.24, 2.45) is 5.92 Å². The van der Waals surface area contributed by atoms with Crippen LogP contribution in [0.2, 0.25) is 0 Å². The molecule has 0 bridgehead atoms. The van der Waals surface area contributed by atoms with Gasteiger partial charge in [-0.1, -0.05) is 42.5 Å². The lowest BCUT2D eigenvalue weighted by Gasteiger charge is -2.25. The number of carbonyl (C=O) groups is 4. The average molecular weight is 499 g/mol. The van der Waals surface area contributed by atoms with E-state index in [1.807, 2.05) is 37.3 Å². The number of nitrogens with zero attached hydrogens (tertiary/aromatic N) is 3. The van der Waals surface area contributed by atoms with E-state index >= 15 is 0 Å². The summed E-state index contributed by atoms with van der Waals surface area (Å²) in [6, 6.07) is 19.0. The number of hydrogen-bond acceptors (Lipinski definition) is 7. The zero-order valence-corrected chi connectivity index (χ0v) is 19.7. The molecule has 2 aliphatic heterocycles. The minimum atomic E-state index is -0.831. The first kappa shape index (κ1) is 23.9. The molecular formula is C27H21N3O7. The Balaban J connectivity index is 1.32. The highest BCUT2D eigenvalue weighted by Gasteiger charge is 2.42. The fourth-order valence-corrected chi connectivity index (χ4v) is 4.72. The summed E-state index contributed by atoms with van der Waals surface area (Å²) in [5, 5.41) is 11.4. The van der Waals surface area contributed by atoms with Crippen molar-refractivity contribution in [3.05, 3.63) is 99.6 Å². The second-order valence-corrected chi connectivity index (χ2v) is 8.85. The molecule has 5 rings (SSSR count). The van der Waals surface area contributed by atoms with Crippen LogP contribution in [0.15, 0.2) is 72.8 Å². The van der Waals surface area contributed by atoms with Gasteiger partial charge in [0.15, 0.2) is 0 Å². The van der Waals surface area contributed by atoms with E-state index < -0.39 is 34.3 Å². The van der Waals surface area contributed by atoms with Crippen LogP contribution in [-0.2, 0) is 9.59 Å². The molecule has 0 aliphatic carbocycles. The molecule has 2 atom stereocenters. The Morgan fingerprint density at radius 3 is 2.46 bits per heavy atom. The van der Waals surface area contributed by atoms with E-state index in [-0.39, 0.29) is 47.5 Å². The van der Waals surface area contributed by atoms with E-state index in [1.165, 1.54) is 36.4 Å². The molecule has 3 amide bonds. The molecule has 0 saturated carbocycles. The van der Waals surface area contributed by atoms with Gasteiger partial charge in [0, 0.05) is 25.1 Å². The Bertz CT molecular complexity index is 1450. The maximum Gasteiger partial charge on any atom is 0.316 e. The van der Waals surface area contributed by atoms with E-state index in [4.69, 9.17) is 4.74 Å². The summed E-state index contributed by atoms with van der Waals surface area (Å²) in [7, 11) is 0. The van der Waals surface area contributed by atoms with Crippen LogP contribution in [0.4, 0.5) is 11.4 Å². The number of nitro benzene ring substituents is 1. The molecule has 10 nitrogen and oxygen atoms in total. The Morgan fingerprint density at radius 2 is 1.73 bits per heavy atom. The third-order valence-electron chi connectivity index (χ3n) is 6.63. The molecular weight excluding hydrogens is 478 g/mol. The fourth-order valence-electron chi connectivity index (χ4n) is 4.72. The van der Waals surface area contributed by atoms with Gasteiger partial charge in [0.2, 0.25) is 5.91 Å². The molecule has 0 spiro atoms. The summed E-state index contributed by atoms with van der Waals surface area (Å²) in [6.07, 6.45) is 0.0117. The molecule has 1 saturated heterocycles. The van der Waals surface area contributed by atoms with Gasteiger partial charge in [0.05, 0.1) is 28.1 Å². The predicted molar refractivity (Wildman–Crippen MR) is 131 cm³/mol. The quantitative estimate of drug-likeness (QED) is 0.165. The molecule has 0 radical (unpaired) electrons. The summed E-state index contributed by atoms with van der Waals surface area (Å²) >= 11 is 0. The number of esters is 1. The Morgan fingerprint density at radius 1 is 1.00 bits per heavy atom. The second kappa shape index (κ2) is 9.30. The number of anilines is 1. The summed E-state index contributed by atoms with van der Waals surface area (Å²) in [4.78, 5) is 64.5. The number of likely N-dealkylation sites (tertiary alicyclic amines) is 1. The first-order chi connectivity index (χ1) is 17.8. The highest BCUT2D eigenvalue weighted by Crippen LogP contribution is 2.35. The lowest BCUT2D eigenvalue weighted by atomic mass is 10.1. The van der Waals surface area contributed by atoms with Crippen LogP contribution in [0.1, 0.15) is 45.7 Å². The summed E-state index contributed by atoms with van der Waals surface area (Å²) in [5.41, 5.74) is 0.253. The van der Waals surface area contributed by atoms with Gasteiger partial charge in [0.1, 0.15) is 11.3 Å². The molecule has 0 N–H and O–H groups in total. The number of fused-ring (bicyclic) bond motifs is 1. The Labute approximate surface area is 211 Å². The minimum Gasteiger partial charge on any atom is -0.426 e. The van der Waals surface area contributed by atoms with Crippen molar-refractivity contribution >= 4 is 35.1 Å². The van der Waals surface area contributed by atoms with Crippen molar-refractivity contribution in [1.29, 1.82) is 0 Å². The van der Waals surface area contributed by atoms with Gasteiger partial charge in [0.25, 0.3) is 17.5 Å². The highest BCUT2D eigenvalue weighted by atomic mass is 16.6. The second-order valence-electron chi connectivity index (χ2n) is 8.85. The maximum absolute atomic E-state index is 13.0. The van der Waals surface area contributed by atoms with E-state index in [0.717, 1.165) is 16.5 Å². The molecule has 3 aromatic rings. The van der Waals surface area contributed by atoms with Gasteiger partial charge < -0.3 is 9.64 Å². The van der Waals surface area contributed by atoms with Crippen molar-refractivity contribution in [3.63, 3.8) is 0 Å². The summed E-state index contributed by atoms with van der Waals surface area (Å²) in [6.45, 7) is 2.10. The average Bonchev–Trinajstić information content (AvgIpc) is 3.41. The van der Waals surface area contributed by atoms with E-state index in [0.29, 0.717) is 0 Å². The van der Waals surface area contributed by atoms with Crippen LogP contribution in [0.25, 0.3) is 0 Å². The summed E-state index contributed by atoms with van der Waals surface area (Å²) < 4.78 is 5.51. The van der Waals surface area contributed by atoms with Gasteiger partial charge in [-0.05, 0) is 30.7 Å². The topological polar surface area (TPSA) is 127 Å². The van der Waals surface area contributed by atoms with Gasteiger partial charge in [-0.3, -0.25) is 29.3 Å². The fraction of sp³-hybridized carbons (Fsp3) is 0.185. The lowest BCUT2D eigenvalue weighted by molar-refractivity contribution is -0.385. The predicted octanol–water partition coefficient (Wildman–Crippen LogP) is 3.91. The third-order valence-corrected chi connectivity index (χ3v) is 6.63. The molecule has 2 heterocycles. The monoisotopic (exact) mass is 499 g/mol. The standard InChI is InChI=1S/C27H21N3O7/c1-16(17-7-3-2-4-8-17)28-15-18(13-23(28)31)27(34)37-20-10-5-9-19(14-20)29-25(32)21-11-6-12-22(30(35)36)24(21)26(29)33/h2-12,14,16,18H,13,15H2,1H3/t16-,18-/m1/s1. The van der Waals surface area contributed by atoms with Crippen molar-refractivity contribution in [3.8, 4) is 5.75 Å². The van der Waals surface area contributed by atoms with Crippen molar-refractivity contribution in [2.45, 2.75) is 19.4 Å². The first-order valence-electron chi connectivity index (χ1n) is 11.6. The van der Waals surface area contributed by atoms with Gasteiger partial charge in [-0.15, -0.1) is 0 Å².